The number of carboxylic acids is 1. The zero-order valence-electron chi connectivity index (χ0n) is 11.8. The van der Waals surface area contributed by atoms with Crippen molar-refractivity contribution in [1.82, 2.24) is 4.90 Å². The van der Waals surface area contributed by atoms with E-state index in [1.165, 1.54) is 11.1 Å². The number of aliphatic carboxylic acids is 1. The molecular weight excluding hydrogens is 240 g/mol. The third-order valence-electron chi connectivity index (χ3n) is 3.00. The fourth-order valence-corrected chi connectivity index (χ4v) is 2.17. The van der Waals surface area contributed by atoms with Crippen molar-refractivity contribution in [3.8, 4) is 0 Å². The lowest BCUT2D eigenvalue weighted by molar-refractivity contribution is -0.137. The van der Waals surface area contributed by atoms with Crippen LogP contribution < -0.4 is 5.73 Å². The van der Waals surface area contributed by atoms with Gasteiger partial charge < -0.3 is 15.7 Å². The number of rotatable bonds is 8. The molecular formula is C15H24N2O2. The van der Waals surface area contributed by atoms with Crippen LogP contribution in [0, 0.1) is 0 Å². The predicted octanol–water partition coefficient (Wildman–Crippen LogP) is 1.87. The van der Waals surface area contributed by atoms with E-state index >= 15 is 0 Å². The predicted molar refractivity (Wildman–Crippen MR) is 77.0 cm³/mol. The number of benzene rings is 1. The number of likely N-dealkylation sites (N-methyl/N-ethyl adjacent to an activating group) is 1. The van der Waals surface area contributed by atoms with E-state index in [0.717, 1.165) is 19.4 Å². The molecule has 0 spiro atoms. The SMILES string of the molecule is CCCc1ccc(CN(C)CC(N)CC(=O)O)cc1. The standard InChI is InChI=1S/C15H24N2O2/c1-3-4-12-5-7-13(8-6-12)10-17(2)11-14(16)9-15(18)19/h5-8,14H,3-4,9-11,16H2,1-2H3,(H,18,19). The molecule has 1 aromatic rings. The summed E-state index contributed by atoms with van der Waals surface area (Å²) in [7, 11) is 1.96. The number of aryl methyl sites for hydroxylation is 1. The maximum atomic E-state index is 10.6. The number of hydrogen-bond acceptors (Lipinski definition) is 3. The Morgan fingerprint density at radius 1 is 1.32 bits per heavy atom. The molecule has 4 nitrogen and oxygen atoms in total. The highest BCUT2D eigenvalue weighted by atomic mass is 16.4. The molecule has 1 unspecified atom stereocenters. The second kappa shape index (κ2) is 7.92. The Kier molecular flexibility index (Phi) is 6.53. The molecule has 1 atom stereocenters. The highest BCUT2D eigenvalue weighted by Gasteiger charge is 2.11. The van der Waals surface area contributed by atoms with E-state index in [-0.39, 0.29) is 12.5 Å². The highest BCUT2D eigenvalue weighted by Crippen LogP contribution is 2.09. The van der Waals surface area contributed by atoms with Crippen LogP contribution in [0.3, 0.4) is 0 Å². The van der Waals surface area contributed by atoms with Gasteiger partial charge in [0.2, 0.25) is 0 Å². The van der Waals surface area contributed by atoms with Gasteiger partial charge in [-0.15, -0.1) is 0 Å². The number of nitrogens with two attached hydrogens (primary N) is 1. The van der Waals surface area contributed by atoms with E-state index in [4.69, 9.17) is 10.8 Å². The zero-order chi connectivity index (χ0) is 14.3. The minimum atomic E-state index is -0.843. The fraction of sp³-hybridized carbons (Fsp3) is 0.533. The van der Waals surface area contributed by atoms with Gasteiger partial charge in [-0.1, -0.05) is 37.6 Å². The third kappa shape index (κ3) is 6.36. The highest BCUT2D eigenvalue weighted by molar-refractivity contribution is 5.67. The molecule has 0 heterocycles. The Balaban J connectivity index is 2.43. The minimum absolute atomic E-state index is 0.0137. The molecule has 0 radical (unpaired) electrons. The van der Waals surface area contributed by atoms with Crippen molar-refractivity contribution >= 4 is 5.97 Å². The Bertz CT molecular complexity index is 390. The van der Waals surface area contributed by atoms with Gasteiger partial charge >= 0.3 is 5.97 Å². The molecule has 106 valence electrons. The maximum absolute atomic E-state index is 10.6. The van der Waals surface area contributed by atoms with E-state index in [2.05, 4.69) is 36.1 Å². The van der Waals surface area contributed by atoms with Crippen LogP contribution in [0.4, 0.5) is 0 Å². The van der Waals surface area contributed by atoms with Gasteiger partial charge in [0.25, 0.3) is 0 Å². The molecule has 0 saturated heterocycles. The molecule has 0 aliphatic carbocycles. The van der Waals surface area contributed by atoms with E-state index < -0.39 is 5.97 Å². The molecule has 1 rings (SSSR count). The lowest BCUT2D eigenvalue weighted by atomic mass is 10.1. The molecule has 0 amide bonds. The van der Waals surface area contributed by atoms with E-state index in [1.54, 1.807) is 0 Å². The smallest absolute Gasteiger partial charge is 0.304 e. The summed E-state index contributed by atoms with van der Waals surface area (Å²) < 4.78 is 0. The average Bonchev–Trinajstić information content (AvgIpc) is 2.30. The number of carbonyl (C=O) groups is 1. The van der Waals surface area contributed by atoms with Gasteiger partial charge in [-0.05, 0) is 24.6 Å². The molecule has 3 N–H and O–H groups in total. The van der Waals surface area contributed by atoms with Gasteiger partial charge in [0.15, 0.2) is 0 Å². The summed E-state index contributed by atoms with van der Waals surface area (Å²) in [5.41, 5.74) is 8.35. The van der Waals surface area contributed by atoms with Crippen molar-refractivity contribution < 1.29 is 9.90 Å². The van der Waals surface area contributed by atoms with Crippen LogP contribution in [-0.4, -0.2) is 35.6 Å². The summed E-state index contributed by atoms with van der Waals surface area (Å²) in [6, 6.07) is 8.25. The monoisotopic (exact) mass is 264 g/mol. The zero-order valence-corrected chi connectivity index (χ0v) is 11.8. The summed E-state index contributed by atoms with van der Waals surface area (Å²) >= 11 is 0. The summed E-state index contributed by atoms with van der Waals surface area (Å²) in [5.74, 6) is -0.843. The van der Waals surface area contributed by atoms with E-state index in [9.17, 15) is 4.79 Å². The molecule has 4 heteroatoms. The Morgan fingerprint density at radius 2 is 1.89 bits per heavy atom. The Morgan fingerprint density at radius 3 is 2.42 bits per heavy atom. The van der Waals surface area contributed by atoms with E-state index in [0.29, 0.717) is 6.54 Å². The van der Waals surface area contributed by atoms with Crippen LogP contribution in [0.1, 0.15) is 30.9 Å². The van der Waals surface area contributed by atoms with Gasteiger partial charge in [-0.3, -0.25) is 4.79 Å². The van der Waals surface area contributed by atoms with Crippen LogP contribution in [0.5, 0.6) is 0 Å². The van der Waals surface area contributed by atoms with Crippen LogP contribution >= 0.6 is 0 Å². The Hall–Kier alpha value is -1.39. The average molecular weight is 264 g/mol. The normalized spacial score (nSPS) is 12.6. The maximum Gasteiger partial charge on any atom is 0.304 e. The quantitative estimate of drug-likeness (QED) is 0.752. The molecule has 0 aromatic heterocycles. The summed E-state index contributed by atoms with van der Waals surface area (Å²) in [6.45, 7) is 3.55. The van der Waals surface area contributed by atoms with Crippen molar-refractivity contribution in [3.05, 3.63) is 35.4 Å². The summed E-state index contributed by atoms with van der Waals surface area (Å²) in [6.07, 6.45) is 2.28. The largest absolute Gasteiger partial charge is 0.481 e. The second-order valence-corrected chi connectivity index (χ2v) is 5.12. The van der Waals surface area contributed by atoms with Crippen molar-refractivity contribution in [1.29, 1.82) is 0 Å². The van der Waals surface area contributed by atoms with Crippen molar-refractivity contribution in [2.75, 3.05) is 13.6 Å². The Labute approximate surface area is 115 Å². The van der Waals surface area contributed by atoms with Crippen molar-refractivity contribution in [3.63, 3.8) is 0 Å². The molecule has 0 aliphatic rings. The second-order valence-electron chi connectivity index (χ2n) is 5.12. The molecule has 19 heavy (non-hydrogen) atoms. The number of carboxylic acid groups (broad SMARTS) is 1. The number of hydrogen-bond donors (Lipinski definition) is 2. The first-order valence-electron chi connectivity index (χ1n) is 6.75. The molecule has 0 fully saturated rings. The molecule has 0 bridgehead atoms. The first-order valence-corrected chi connectivity index (χ1v) is 6.75. The van der Waals surface area contributed by atoms with Crippen molar-refractivity contribution in [2.45, 2.75) is 38.8 Å². The molecule has 0 saturated carbocycles. The lowest BCUT2D eigenvalue weighted by Gasteiger charge is -2.20. The third-order valence-corrected chi connectivity index (χ3v) is 3.00. The van der Waals surface area contributed by atoms with Crippen LogP contribution in [0.2, 0.25) is 0 Å². The lowest BCUT2D eigenvalue weighted by Crippen LogP contribution is -2.36. The van der Waals surface area contributed by atoms with Crippen LogP contribution in [0.25, 0.3) is 0 Å². The summed E-state index contributed by atoms with van der Waals surface area (Å²) in [4.78, 5) is 12.6. The van der Waals surface area contributed by atoms with Gasteiger partial charge in [0.1, 0.15) is 0 Å². The van der Waals surface area contributed by atoms with Gasteiger partial charge in [-0.25, -0.2) is 0 Å². The first kappa shape index (κ1) is 15.7. The van der Waals surface area contributed by atoms with E-state index in [1.807, 2.05) is 7.05 Å². The van der Waals surface area contributed by atoms with Crippen molar-refractivity contribution in [2.24, 2.45) is 5.73 Å². The first-order chi connectivity index (χ1) is 9.01. The fourth-order valence-electron chi connectivity index (χ4n) is 2.17. The minimum Gasteiger partial charge on any atom is -0.481 e. The van der Waals surface area contributed by atoms with Gasteiger partial charge in [0, 0.05) is 19.1 Å². The number of nitrogens with zero attached hydrogens (tertiary/aromatic N) is 1. The summed E-state index contributed by atoms with van der Waals surface area (Å²) in [5, 5.41) is 8.67. The van der Waals surface area contributed by atoms with Crippen LogP contribution in [-0.2, 0) is 17.8 Å². The topological polar surface area (TPSA) is 66.6 Å². The van der Waals surface area contributed by atoms with Gasteiger partial charge in [-0.2, -0.15) is 0 Å². The molecule has 0 aliphatic heterocycles. The molecule has 1 aromatic carbocycles. The van der Waals surface area contributed by atoms with Gasteiger partial charge in [0.05, 0.1) is 6.42 Å². The van der Waals surface area contributed by atoms with Crippen LogP contribution in [0.15, 0.2) is 24.3 Å².